The summed E-state index contributed by atoms with van der Waals surface area (Å²) in [6.07, 6.45) is 0. The van der Waals surface area contributed by atoms with Crippen LogP contribution in [-0.4, -0.2) is 106 Å². The number of aromatic amines is 2. The summed E-state index contributed by atoms with van der Waals surface area (Å²) in [7, 11) is 14.3. The summed E-state index contributed by atoms with van der Waals surface area (Å²) in [6, 6.07) is 70.8. The molecule has 22 nitrogen and oxygen atoms in total. The summed E-state index contributed by atoms with van der Waals surface area (Å²) >= 11 is 17.5. The zero-order valence-electron chi connectivity index (χ0n) is 56.7. The number of aromatic nitrogens is 10. The molecule has 0 spiro atoms. The SMILES string of the molecule is CNc1ccc(OC)cc1.COc1ccc(N(C)c2nc(C#N)nc3ccccc23)cc1.COc1ccc(N(C)c2nc(CN)nc3ccccc23)cc1.COc1ccc(N(C)c2nc(Cl)nc3ccccc23)cc1.Cl.Clc1nc(Cl)c2ccccc2n1.O=c1[nH]c(=O)c2ccccc2[nH]1.[CH3-].[Pd]. The molecule has 0 amide bonds. The minimum Gasteiger partial charge on any atom is -0.497 e. The number of H-pyrrole nitrogens is 2. The molecule has 14 aromatic rings. The number of para-hydroxylation sites is 5. The van der Waals surface area contributed by atoms with Gasteiger partial charge < -0.3 is 57.1 Å². The number of methoxy groups -OCH3 is 4. The van der Waals surface area contributed by atoms with Crippen LogP contribution in [0.25, 0.3) is 54.5 Å². The Bertz CT molecular complexity index is 5180. The van der Waals surface area contributed by atoms with Crippen LogP contribution in [0.15, 0.2) is 228 Å². The fraction of sp³-hybridized carbons (Fsp3) is 0.120. The number of hydrogen-bond acceptors (Lipinski definition) is 20. The molecule has 14 rings (SSSR count). The quantitative estimate of drug-likeness (QED) is 0.0383. The summed E-state index contributed by atoms with van der Waals surface area (Å²) in [5, 5.41) is 17.1. The minimum atomic E-state index is -0.473. The van der Waals surface area contributed by atoms with Crippen molar-refractivity contribution in [1.29, 1.82) is 5.26 Å². The van der Waals surface area contributed by atoms with E-state index in [9.17, 15) is 9.59 Å². The maximum atomic E-state index is 11.1. The molecule has 9 aromatic carbocycles. The van der Waals surface area contributed by atoms with Crippen molar-refractivity contribution >= 4 is 142 Å². The van der Waals surface area contributed by atoms with Crippen LogP contribution in [0.4, 0.5) is 40.2 Å². The van der Waals surface area contributed by atoms with Gasteiger partial charge in [-0.3, -0.25) is 9.78 Å². The van der Waals surface area contributed by atoms with Crippen LogP contribution in [0.3, 0.4) is 0 Å². The average molecular weight is 1540 g/mol. The van der Waals surface area contributed by atoms with Crippen molar-refractivity contribution in [2.24, 2.45) is 5.73 Å². The molecule has 0 saturated carbocycles. The minimum absolute atomic E-state index is 0. The average Bonchev–Trinajstić information content (AvgIpc) is 0.795. The molecule has 0 bridgehead atoms. The van der Waals surface area contributed by atoms with E-state index in [1.165, 1.54) is 0 Å². The molecule has 0 saturated heterocycles. The third-order valence-electron chi connectivity index (χ3n) is 14.9. The Morgan fingerprint density at radius 1 is 0.451 bits per heavy atom. The van der Waals surface area contributed by atoms with Gasteiger partial charge in [-0.15, -0.1) is 12.4 Å². The van der Waals surface area contributed by atoms with Gasteiger partial charge in [0.1, 0.15) is 57.5 Å². The molecule has 0 unspecified atom stereocenters. The van der Waals surface area contributed by atoms with E-state index < -0.39 is 5.69 Å². The maximum Gasteiger partial charge on any atom is 0.326 e. The summed E-state index contributed by atoms with van der Waals surface area (Å²) in [4.78, 5) is 66.6. The summed E-state index contributed by atoms with van der Waals surface area (Å²) in [5.41, 5.74) is 12.8. The van der Waals surface area contributed by atoms with Gasteiger partial charge in [-0.25, -0.2) is 39.7 Å². The molecule has 5 heterocycles. The van der Waals surface area contributed by atoms with Crippen LogP contribution in [-0.2, 0) is 27.0 Å². The van der Waals surface area contributed by atoms with E-state index in [4.69, 9.17) is 64.7 Å². The predicted molar refractivity (Wildman–Crippen MR) is 410 cm³/mol. The van der Waals surface area contributed by atoms with Crippen molar-refractivity contribution in [1.82, 2.24) is 49.8 Å². The normalized spacial score (nSPS) is 10.0. The maximum absolute atomic E-state index is 11.1. The largest absolute Gasteiger partial charge is 0.497 e. The zero-order chi connectivity index (χ0) is 70.4. The van der Waals surface area contributed by atoms with Gasteiger partial charge in [0.15, 0.2) is 0 Å². The van der Waals surface area contributed by atoms with Crippen LogP contribution in [0.1, 0.15) is 11.6 Å². The van der Waals surface area contributed by atoms with Crippen molar-refractivity contribution in [3.8, 4) is 29.1 Å². The Labute approximate surface area is 624 Å². The fourth-order valence-corrected chi connectivity index (χ4v) is 10.4. The van der Waals surface area contributed by atoms with Gasteiger partial charge in [0.25, 0.3) is 5.56 Å². The first-order chi connectivity index (χ1) is 48.0. The first-order valence-electron chi connectivity index (χ1n) is 30.3. The van der Waals surface area contributed by atoms with Crippen LogP contribution in [0, 0.1) is 18.8 Å². The summed E-state index contributed by atoms with van der Waals surface area (Å²) in [5.74, 6) is 6.44. The third kappa shape index (κ3) is 20.8. The zero-order valence-corrected chi connectivity index (χ0v) is 61.4. The Hall–Kier alpha value is -11.0. The number of rotatable bonds is 12. The van der Waals surface area contributed by atoms with Crippen molar-refractivity contribution in [2.75, 3.05) is 76.6 Å². The van der Waals surface area contributed by atoms with Gasteiger partial charge in [-0.05, 0) is 181 Å². The van der Waals surface area contributed by atoms with E-state index >= 15 is 0 Å². The van der Waals surface area contributed by atoms with Crippen LogP contribution < -0.4 is 55.9 Å². The monoisotopic (exact) mass is 1540 g/mol. The van der Waals surface area contributed by atoms with Crippen molar-refractivity contribution < 1.29 is 39.4 Å². The Kier molecular flexibility index (Phi) is 30.6. The molecule has 0 aliphatic rings. The second-order valence-corrected chi connectivity index (χ2v) is 22.1. The first kappa shape index (κ1) is 79.9. The molecular formula is C75H71Cl4N16O6Pd-. The molecular weight excluding hydrogens is 1470 g/mol. The van der Waals surface area contributed by atoms with Gasteiger partial charge >= 0.3 is 5.69 Å². The molecule has 526 valence electrons. The van der Waals surface area contributed by atoms with E-state index in [0.29, 0.717) is 34.2 Å². The van der Waals surface area contributed by atoms with Crippen LogP contribution in [0.5, 0.6) is 23.0 Å². The third-order valence-corrected chi connectivity index (χ3v) is 15.6. The van der Waals surface area contributed by atoms with E-state index in [0.717, 1.165) is 101 Å². The topological polar surface area (TPSA) is 277 Å². The molecule has 0 aliphatic carbocycles. The number of nitrogens with one attached hydrogen (secondary N) is 3. The fourth-order valence-electron chi connectivity index (χ4n) is 9.77. The number of nitriles is 1. The second kappa shape index (κ2) is 39.1. The molecule has 102 heavy (non-hydrogen) atoms. The number of ether oxygens (including phenoxy) is 4. The second-order valence-electron chi connectivity index (χ2n) is 21.0. The molecule has 0 fully saturated rings. The van der Waals surface area contributed by atoms with E-state index in [2.05, 4.69) is 55.2 Å². The van der Waals surface area contributed by atoms with Crippen LogP contribution >= 0.6 is 47.2 Å². The number of fused-ring (bicyclic) bond motifs is 5. The molecule has 27 heteroatoms. The molecule has 5 aromatic heterocycles. The standard InChI is InChI=1S/C17H18N4O.C17H14N4O.C16H14ClN3O.C8H4Cl2N2.C8H6N2O2.C8H11NO.CH3.ClH.Pd/c2*1-21(12-7-9-13(22-2)10-8-12)17-14-5-3-4-6-15(14)19-16(11-18)20-17;1-20(11-7-9-12(21-2)10-8-11)15-13-5-3-4-6-14(13)18-16(17)19-15;9-7-5-3-1-2-4-6(5)11-8(10)12-7;11-7-5-3-1-2-4-6(5)9-8(12)10-7;1-9-7-3-5-8(10-2)6-4-7;;;/h3-10H,11,18H2,1-2H3;3-10H,1-2H3;3-10H,1-2H3;1-4H;1-4H,(H2,9,10,11,12);3-6,9H,1-2H3;1H3;1H;/q;;;;;;-1;;. The van der Waals surface area contributed by atoms with Gasteiger partial charge in [-0.1, -0.05) is 72.3 Å². The number of benzene rings is 9. The number of anilines is 7. The Morgan fingerprint density at radius 3 is 1.23 bits per heavy atom. The van der Waals surface area contributed by atoms with Gasteiger partial charge in [-0.2, -0.15) is 10.2 Å². The number of nitrogens with two attached hydrogens (primary N) is 1. The van der Waals surface area contributed by atoms with E-state index in [1.807, 2.05) is 243 Å². The van der Waals surface area contributed by atoms with E-state index in [-0.39, 0.29) is 62.2 Å². The first-order valence-corrected chi connectivity index (χ1v) is 31.5. The smallest absolute Gasteiger partial charge is 0.326 e. The Balaban J connectivity index is 0.000000196. The van der Waals surface area contributed by atoms with Crippen LogP contribution in [0.2, 0.25) is 15.7 Å². The number of halogens is 4. The molecule has 5 N–H and O–H groups in total. The van der Waals surface area contributed by atoms with Crippen molar-refractivity contribution in [2.45, 2.75) is 6.54 Å². The van der Waals surface area contributed by atoms with Crippen molar-refractivity contribution in [3.05, 3.63) is 274 Å². The Morgan fingerprint density at radius 2 is 0.804 bits per heavy atom. The molecule has 0 radical (unpaired) electrons. The summed E-state index contributed by atoms with van der Waals surface area (Å²) in [6.45, 7) is 0.314. The molecule has 0 atom stereocenters. The predicted octanol–water partition coefficient (Wildman–Crippen LogP) is 16.0. The number of hydrogen-bond donors (Lipinski definition) is 4. The van der Waals surface area contributed by atoms with Gasteiger partial charge in [0.2, 0.25) is 16.4 Å². The number of nitrogens with zero attached hydrogens (tertiary/aromatic N) is 12. The van der Waals surface area contributed by atoms with Crippen molar-refractivity contribution in [3.63, 3.8) is 0 Å². The molecule has 0 aliphatic heterocycles. The van der Waals surface area contributed by atoms with Gasteiger partial charge in [0.05, 0.1) is 68.0 Å². The summed E-state index contributed by atoms with van der Waals surface area (Å²) < 4.78 is 20.5. The van der Waals surface area contributed by atoms with Gasteiger partial charge in [0, 0.05) is 92.9 Å². The van der Waals surface area contributed by atoms with E-state index in [1.54, 1.807) is 52.7 Å².